The van der Waals surface area contributed by atoms with Crippen molar-refractivity contribution >= 4 is 35.3 Å². The molecule has 4 amide bonds. The molecule has 0 radical (unpaired) electrons. The summed E-state index contributed by atoms with van der Waals surface area (Å²) in [7, 11) is 0. The van der Waals surface area contributed by atoms with Crippen molar-refractivity contribution < 1.29 is 14.4 Å². The van der Waals surface area contributed by atoms with E-state index in [4.69, 9.17) is 0 Å². The molecule has 1 atom stereocenters. The Hall–Kier alpha value is -2.22. The second kappa shape index (κ2) is 4.96. The van der Waals surface area contributed by atoms with Gasteiger partial charge in [-0.25, -0.2) is 9.78 Å². The van der Waals surface area contributed by atoms with Crippen LogP contribution >= 0.6 is 11.3 Å². The van der Waals surface area contributed by atoms with E-state index in [1.54, 1.807) is 11.0 Å². The molecule has 2 N–H and O–H groups in total. The molecule has 8 heteroatoms. The van der Waals surface area contributed by atoms with E-state index in [0.29, 0.717) is 13.0 Å². The highest BCUT2D eigenvalue weighted by atomic mass is 32.1. The van der Waals surface area contributed by atoms with Gasteiger partial charge in [0.25, 0.3) is 5.91 Å². The van der Waals surface area contributed by atoms with E-state index in [1.165, 1.54) is 17.4 Å². The molecule has 0 aromatic carbocycles. The third kappa shape index (κ3) is 2.54. The van der Waals surface area contributed by atoms with Crippen LogP contribution in [0.25, 0.3) is 6.08 Å². The normalized spacial score (nSPS) is 24.9. The molecule has 2 aliphatic rings. The number of imide groups is 1. The van der Waals surface area contributed by atoms with Crippen molar-refractivity contribution in [3.05, 3.63) is 22.2 Å². The Morgan fingerprint density at radius 3 is 2.95 bits per heavy atom. The summed E-state index contributed by atoms with van der Waals surface area (Å²) in [5, 5.41) is 7.64. The number of likely N-dealkylation sites (tertiary alicyclic amines) is 1. The highest BCUT2D eigenvalue weighted by molar-refractivity contribution is 7.09. The van der Waals surface area contributed by atoms with E-state index in [9.17, 15) is 14.4 Å². The lowest BCUT2D eigenvalue weighted by Gasteiger charge is -2.20. The highest BCUT2D eigenvalue weighted by Crippen LogP contribution is 2.24. The maximum absolute atomic E-state index is 12.1. The van der Waals surface area contributed by atoms with Crippen LogP contribution in [-0.4, -0.2) is 46.4 Å². The summed E-state index contributed by atoms with van der Waals surface area (Å²) in [5.74, 6) is -0.548. The lowest BCUT2D eigenvalue weighted by Crippen LogP contribution is -2.49. The number of hydrogen-bond acceptors (Lipinski definition) is 5. The molecule has 21 heavy (non-hydrogen) atoms. The predicted molar refractivity (Wildman–Crippen MR) is 76.5 cm³/mol. The molecule has 2 saturated heterocycles. The smallest absolute Gasteiger partial charge is 0.322 e. The van der Waals surface area contributed by atoms with Crippen molar-refractivity contribution in [2.45, 2.75) is 18.9 Å². The Morgan fingerprint density at radius 2 is 2.33 bits per heavy atom. The van der Waals surface area contributed by atoms with Crippen LogP contribution in [0.1, 0.15) is 17.1 Å². The number of nitrogens with one attached hydrogen (secondary N) is 2. The zero-order chi connectivity index (χ0) is 15.0. The molecule has 1 spiro atoms. The van der Waals surface area contributed by atoms with E-state index in [0.717, 1.165) is 10.7 Å². The summed E-state index contributed by atoms with van der Waals surface area (Å²) in [6, 6.07) is -0.497. The molecule has 0 aliphatic carbocycles. The van der Waals surface area contributed by atoms with Gasteiger partial charge in [-0.15, -0.1) is 11.3 Å². The molecule has 2 aliphatic heterocycles. The van der Waals surface area contributed by atoms with Crippen LogP contribution in [0.2, 0.25) is 0 Å². The van der Waals surface area contributed by atoms with Crippen molar-refractivity contribution in [2.75, 3.05) is 13.1 Å². The zero-order valence-corrected chi connectivity index (χ0v) is 12.2. The summed E-state index contributed by atoms with van der Waals surface area (Å²) in [4.78, 5) is 41.0. The van der Waals surface area contributed by atoms with Gasteiger partial charge >= 0.3 is 6.03 Å². The summed E-state index contributed by atoms with van der Waals surface area (Å²) in [5.41, 5.74) is -0.218. The molecule has 7 nitrogen and oxygen atoms in total. The quantitative estimate of drug-likeness (QED) is 0.606. The molecular formula is C13H14N4O3S. The van der Waals surface area contributed by atoms with Crippen LogP contribution in [0.3, 0.4) is 0 Å². The van der Waals surface area contributed by atoms with Crippen molar-refractivity contribution in [1.82, 2.24) is 20.5 Å². The number of carbonyl (C=O) groups is 3. The number of nitrogens with zero attached hydrogens (tertiary/aromatic N) is 2. The van der Waals surface area contributed by atoms with Gasteiger partial charge in [-0.3, -0.25) is 14.9 Å². The summed E-state index contributed by atoms with van der Waals surface area (Å²) in [6.45, 7) is 2.53. The Kier molecular flexibility index (Phi) is 3.25. The number of carbonyl (C=O) groups excluding carboxylic acids is 3. The molecule has 3 heterocycles. The van der Waals surface area contributed by atoms with Gasteiger partial charge in [0.15, 0.2) is 0 Å². The van der Waals surface area contributed by atoms with Crippen LogP contribution in [0.4, 0.5) is 4.79 Å². The van der Waals surface area contributed by atoms with Crippen LogP contribution in [-0.2, 0) is 9.59 Å². The number of rotatable bonds is 2. The number of thiazole rings is 1. The summed E-state index contributed by atoms with van der Waals surface area (Å²) < 4.78 is 0. The Labute approximate surface area is 125 Å². The fraction of sp³-hybridized carbons (Fsp3) is 0.385. The third-order valence-corrected chi connectivity index (χ3v) is 4.42. The fourth-order valence-electron chi connectivity index (χ4n) is 2.53. The van der Waals surface area contributed by atoms with Gasteiger partial charge in [0.2, 0.25) is 5.91 Å². The predicted octanol–water partition coefficient (Wildman–Crippen LogP) is 0.275. The van der Waals surface area contributed by atoms with E-state index < -0.39 is 11.6 Å². The zero-order valence-electron chi connectivity index (χ0n) is 11.4. The molecule has 2 fully saturated rings. The van der Waals surface area contributed by atoms with Gasteiger partial charge in [0.05, 0.1) is 17.2 Å². The van der Waals surface area contributed by atoms with Crippen LogP contribution in [0.5, 0.6) is 0 Å². The average Bonchev–Trinajstić information content (AvgIpc) is 3.09. The minimum Gasteiger partial charge on any atom is -0.336 e. The monoisotopic (exact) mass is 306 g/mol. The van der Waals surface area contributed by atoms with Crippen molar-refractivity contribution in [2.24, 2.45) is 0 Å². The van der Waals surface area contributed by atoms with Gasteiger partial charge in [-0.05, 0) is 19.4 Å². The van der Waals surface area contributed by atoms with E-state index >= 15 is 0 Å². The standard InChI is InChI=1S/C13H14N4O3S/c1-8-14-9(6-21-8)2-3-10(18)17-5-4-13(7-17)11(19)15-12(20)16-13/h2-3,6H,4-5,7H2,1H3,(H2,15,16,19,20)/b3-2+. The van der Waals surface area contributed by atoms with Gasteiger partial charge in [0.1, 0.15) is 5.54 Å². The minimum atomic E-state index is -0.961. The first kappa shape index (κ1) is 13.7. The first-order valence-electron chi connectivity index (χ1n) is 6.51. The molecule has 110 valence electrons. The number of amides is 4. The summed E-state index contributed by atoms with van der Waals surface area (Å²) >= 11 is 1.52. The second-order valence-electron chi connectivity index (χ2n) is 5.12. The lowest BCUT2D eigenvalue weighted by molar-refractivity contribution is -0.126. The second-order valence-corrected chi connectivity index (χ2v) is 6.19. The Bertz CT molecular complexity index is 654. The number of aromatic nitrogens is 1. The number of urea groups is 1. The van der Waals surface area contributed by atoms with Crippen LogP contribution < -0.4 is 10.6 Å². The van der Waals surface area contributed by atoms with Crippen molar-refractivity contribution in [3.8, 4) is 0 Å². The van der Waals surface area contributed by atoms with Gasteiger partial charge in [0, 0.05) is 18.0 Å². The van der Waals surface area contributed by atoms with Gasteiger partial charge < -0.3 is 10.2 Å². The van der Waals surface area contributed by atoms with Gasteiger partial charge in [-0.1, -0.05) is 0 Å². The molecular weight excluding hydrogens is 292 g/mol. The largest absolute Gasteiger partial charge is 0.336 e. The van der Waals surface area contributed by atoms with E-state index in [-0.39, 0.29) is 18.4 Å². The van der Waals surface area contributed by atoms with E-state index in [2.05, 4.69) is 15.6 Å². The fourth-order valence-corrected chi connectivity index (χ4v) is 3.11. The molecule has 1 unspecified atom stereocenters. The SMILES string of the molecule is Cc1nc(/C=C/C(=O)N2CCC3(C2)NC(=O)NC3=O)cs1. The minimum absolute atomic E-state index is 0.188. The molecule has 1 aromatic heterocycles. The summed E-state index contributed by atoms with van der Waals surface area (Å²) in [6.07, 6.45) is 3.53. The van der Waals surface area contributed by atoms with E-state index in [1.807, 2.05) is 12.3 Å². The Morgan fingerprint density at radius 1 is 1.52 bits per heavy atom. The first-order chi connectivity index (χ1) is 9.98. The molecule has 0 saturated carbocycles. The first-order valence-corrected chi connectivity index (χ1v) is 7.39. The van der Waals surface area contributed by atoms with Crippen LogP contribution in [0.15, 0.2) is 11.5 Å². The third-order valence-electron chi connectivity index (χ3n) is 3.63. The number of hydrogen-bond donors (Lipinski definition) is 2. The molecule has 0 bridgehead atoms. The maximum Gasteiger partial charge on any atom is 0.322 e. The number of aryl methyl sites for hydroxylation is 1. The highest BCUT2D eigenvalue weighted by Gasteiger charge is 2.51. The lowest BCUT2D eigenvalue weighted by atomic mass is 10.00. The average molecular weight is 306 g/mol. The van der Waals surface area contributed by atoms with Crippen LogP contribution in [0, 0.1) is 6.92 Å². The van der Waals surface area contributed by atoms with Crippen molar-refractivity contribution in [1.29, 1.82) is 0 Å². The molecule has 3 rings (SSSR count). The maximum atomic E-state index is 12.1. The van der Waals surface area contributed by atoms with Gasteiger partial charge in [-0.2, -0.15) is 0 Å². The molecule has 1 aromatic rings. The Balaban J connectivity index is 1.66. The topological polar surface area (TPSA) is 91.4 Å². The van der Waals surface area contributed by atoms with Crippen molar-refractivity contribution in [3.63, 3.8) is 0 Å².